The fraction of sp³-hybridized carbons (Fsp3) is 0.118. The quantitative estimate of drug-likeness (QED) is 0.594. The predicted molar refractivity (Wildman–Crippen MR) is 101 cm³/mol. The number of halogens is 1. The van der Waals surface area contributed by atoms with Crippen LogP contribution in [0.15, 0.2) is 35.2 Å². The van der Waals surface area contributed by atoms with E-state index in [0.29, 0.717) is 5.69 Å². The topological polar surface area (TPSA) is 125 Å². The summed E-state index contributed by atoms with van der Waals surface area (Å²) in [6.45, 7) is 1.78. The van der Waals surface area contributed by atoms with Crippen LogP contribution in [-0.2, 0) is 4.79 Å². The fourth-order valence-corrected chi connectivity index (χ4v) is 3.60. The van der Waals surface area contributed by atoms with E-state index in [9.17, 15) is 19.7 Å². The van der Waals surface area contributed by atoms with Crippen molar-refractivity contribution in [3.63, 3.8) is 0 Å². The van der Waals surface area contributed by atoms with Crippen LogP contribution in [0.3, 0.4) is 0 Å². The van der Waals surface area contributed by atoms with Crippen LogP contribution in [0.2, 0.25) is 5.02 Å². The number of nitrogens with one attached hydrogen (secondary N) is 2. The summed E-state index contributed by atoms with van der Waals surface area (Å²) in [6, 6.07) is 8.87. The van der Waals surface area contributed by atoms with Gasteiger partial charge >= 0.3 is 0 Å². The number of amides is 2. The summed E-state index contributed by atoms with van der Waals surface area (Å²) in [7, 11) is 0. The molecule has 10 heteroatoms. The summed E-state index contributed by atoms with van der Waals surface area (Å²) in [5, 5.41) is 24.8. The fourth-order valence-electron chi connectivity index (χ4n) is 2.44. The van der Waals surface area contributed by atoms with E-state index in [-0.39, 0.29) is 33.0 Å². The maximum Gasteiger partial charge on any atom is 0.291 e. The normalized spacial score (nSPS) is 15.3. The van der Waals surface area contributed by atoms with E-state index in [1.807, 2.05) is 0 Å². The number of fused-ring (bicyclic) bond motifs is 1. The molecule has 0 fully saturated rings. The Labute approximate surface area is 162 Å². The molecular weight excluding hydrogens is 392 g/mol. The van der Waals surface area contributed by atoms with E-state index < -0.39 is 16.5 Å². The number of nitro groups is 1. The van der Waals surface area contributed by atoms with Gasteiger partial charge in [-0.2, -0.15) is 5.26 Å². The second-order valence-electron chi connectivity index (χ2n) is 5.64. The first-order valence-electron chi connectivity index (χ1n) is 7.61. The minimum atomic E-state index is -0.731. The Morgan fingerprint density at radius 1 is 1.41 bits per heavy atom. The van der Waals surface area contributed by atoms with Crippen LogP contribution in [-0.4, -0.2) is 22.0 Å². The van der Waals surface area contributed by atoms with E-state index in [1.165, 1.54) is 23.9 Å². The standard InChI is InChI=1S/C17H11ClN4O4S/c1-8-16(23)20-11-6-10(2-3-14(11)27-8)17(24)21-12-4-9(7-19)5-13(15(12)18)22(25)26/h2-6,8H,1H3,(H,20,23)(H,21,24)/t8-/m0/s1. The van der Waals surface area contributed by atoms with Gasteiger partial charge in [0.2, 0.25) is 5.91 Å². The van der Waals surface area contributed by atoms with Gasteiger partial charge in [-0.1, -0.05) is 11.6 Å². The summed E-state index contributed by atoms with van der Waals surface area (Å²) in [5.41, 5.74) is 0.208. The SMILES string of the molecule is C[C@@H]1Sc2ccc(C(=O)Nc3cc(C#N)cc([N+](=O)[O-])c3Cl)cc2NC1=O. The molecule has 1 heterocycles. The van der Waals surface area contributed by atoms with Crippen molar-refractivity contribution in [2.75, 3.05) is 10.6 Å². The molecule has 0 aromatic heterocycles. The van der Waals surface area contributed by atoms with Gasteiger partial charge in [-0.3, -0.25) is 19.7 Å². The maximum absolute atomic E-state index is 12.5. The number of nitriles is 1. The van der Waals surface area contributed by atoms with Crippen molar-refractivity contribution in [3.05, 3.63) is 56.6 Å². The zero-order valence-electron chi connectivity index (χ0n) is 13.8. The first-order valence-corrected chi connectivity index (χ1v) is 8.87. The number of thioether (sulfide) groups is 1. The second-order valence-corrected chi connectivity index (χ2v) is 7.40. The van der Waals surface area contributed by atoms with Gasteiger partial charge in [0.1, 0.15) is 5.02 Å². The van der Waals surface area contributed by atoms with Crippen LogP contribution >= 0.6 is 23.4 Å². The molecule has 8 nitrogen and oxygen atoms in total. The number of rotatable bonds is 3. The van der Waals surface area contributed by atoms with Crippen LogP contribution < -0.4 is 10.6 Å². The third-order valence-corrected chi connectivity index (χ3v) is 5.37. The number of nitro benzene ring substituents is 1. The van der Waals surface area contributed by atoms with Gasteiger partial charge in [-0.25, -0.2) is 0 Å². The van der Waals surface area contributed by atoms with Crippen LogP contribution in [0.5, 0.6) is 0 Å². The van der Waals surface area contributed by atoms with Gasteiger partial charge < -0.3 is 10.6 Å². The Kier molecular flexibility index (Phi) is 5.03. The van der Waals surface area contributed by atoms with Crippen molar-refractivity contribution < 1.29 is 14.5 Å². The second kappa shape index (κ2) is 7.26. The maximum atomic E-state index is 12.5. The zero-order valence-corrected chi connectivity index (χ0v) is 15.4. The lowest BCUT2D eigenvalue weighted by atomic mass is 10.1. The van der Waals surface area contributed by atoms with Gasteiger partial charge in [0.05, 0.1) is 33.2 Å². The van der Waals surface area contributed by atoms with E-state index in [0.717, 1.165) is 11.0 Å². The third-order valence-electron chi connectivity index (χ3n) is 3.80. The van der Waals surface area contributed by atoms with Gasteiger partial charge in [-0.15, -0.1) is 11.8 Å². The van der Waals surface area contributed by atoms with Crippen molar-refractivity contribution in [1.29, 1.82) is 5.26 Å². The highest BCUT2D eigenvalue weighted by Crippen LogP contribution is 2.37. The van der Waals surface area contributed by atoms with E-state index >= 15 is 0 Å². The van der Waals surface area contributed by atoms with Crippen LogP contribution in [0.1, 0.15) is 22.8 Å². The number of nitrogens with zero attached hydrogens (tertiary/aromatic N) is 2. The Balaban J connectivity index is 1.92. The van der Waals surface area contributed by atoms with Crippen LogP contribution in [0.25, 0.3) is 0 Å². The molecule has 0 saturated heterocycles. The number of benzene rings is 2. The number of hydrogen-bond acceptors (Lipinski definition) is 6. The molecule has 0 radical (unpaired) electrons. The Hall–Kier alpha value is -3.09. The van der Waals surface area contributed by atoms with E-state index in [1.54, 1.807) is 25.1 Å². The predicted octanol–water partition coefficient (Wildman–Crippen LogP) is 3.80. The largest absolute Gasteiger partial charge is 0.324 e. The number of carbonyl (C=O) groups excluding carboxylic acids is 2. The summed E-state index contributed by atoms with van der Waals surface area (Å²) in [4.78, 5) is 35.5. The summed E-state index contributed by atoms with van der Waals surface area (Å²) in [6.07, 6.45) is 0. The molecule has 2 amide bonds. The molecule has 27 heavy (non-hydrogen) atoms. The molecule has 1 atom stereocenters. The van der Waals surface area contributed by atoms with Crippen LogP contribution in [0.4, 0.5) is 17.1 Å². The molecule has 2 aromatic rings. The minimum Gasteiger partial charge on any atom is -0.324 e. The Morgan fingerprint density at radius 3 is 2.81 bits per heavy atom. The highest BCUT2D eigenvalue weighted by atomic mass is 35.5. The smallest absolute Gasteiger partial charge is 0.291 e. The number of carbonyl (C=O) groups is 2. The highest BCUT2D eigenvalue weighted by molar-refractivity contribution is 8.00. The van der Waals surface area contributed by atoms with E-state index in [2.05, 4.69) is 10.6 Å². The zero-order chi connectivity index (χ0) is 19.7. The van der Waals surface area contributed by atoms with Gasteiger partial charge in [0.25, 0.3) is 11.6 Å². The summed E-state index contributed by atoms with van der Waals surface area (Å²) >= 11 is 7.37. The summed E-state index contributed by atoms with van der Waals surface area (Å²) < 4.78 is 0. The van der Waals surface area contributed by atoms with Crippen molar-refractivity contribution in [2.45, 2.75) is 17.1 Å². The molecule has 2 aromatic carbocycles. The Morgan fingerprint density at radius 2 is 2.15 bits per heavy atom. The van der Waals surface area contributed by atoms with Crippen molar-refractivity contribution in [2.24, 2.45) is 0 Å². The van der Waals surface area contributed by atoms with Crippen molar-refractivity contribution in [3.8, 4) is 6.07 Å². The average Bonchev–Trinajstić information content (AvgIpc) is 2.63. The number of anilines is 2. The molecule has 1 aliphatic rings. The van der Waals surface area contributed by atoms with Gasteiger partial charge in [-0.05, 0) is 31.2 Å². The Bertz CT molecular complexity index is 1030. The van der Waals surface area contributed by atoms with E-state index in [4.69, 9.17) is 16.9 Å². The molecule has 2 N–H and O–H groups in total. The van der Waals surface area contributed by atoms with Gasteiger partial charge in [0, 0.05) is 16.5 Å². The van der Waals surface area contributed by atoms with Crippen LogP contribution in [0, 0.1) is 21.4 Å². The first-order chi connectivity index (χ1) is 12.8. The molecule has 0 bridgehead atoms. The lowest BCUT2D eigenvalue weighted by Crippen LogP contribution is -2.26. The lowest BCUT2D eigenvalue weighted by molar-refractivity contribution is -0.384. The average molecular weight is 403 g/mol. The molecular formula is C17H11ClN4O4S. The lowest BCUT2D eigenvalue weighted by Gasteiger charge is -2.21. The first kappa shape index (κ1) is 18.7. The van der Waals surface area contributed by atoms with Crippen molar-refractivity contribution >= 4 is 52.2 Å². The third kappa shape index (κ3) is 3.72. The molecule has 0 saturated carbocycles. The van der Waals surface area contributed by atoms with Gasteiger partial charge in [0.15, 0.2) is 0 Å². The summed E-state index contributed by atoms with van der Waals surface area (Å²) in [5.74, 6) is -0.743. The minimum absolute atomic E-state index is 0.00973. The molecule has 0 unspecified atom stereocenters. The monoisotopic (exact) mass is 402 g/mol. The highest BCUT2D eigenvalue weighted by Gasteiger charge is 2.24. The molecule has 0 spiro atoms. The molecule has 0 aliphatic carbocycles. The number of hydrogen-bond donors (Lipinski definition) is 2. The van der Waals surface area contributed by atoms with Crippen molar-refractivity contribution in [1.82, 2.24) is 0 Å². The molecule has 1 aliphatic heterocycles. The molecule has 3 rings (SSSR count). The molecule has 136 valence electrons.